The molecule has 1 N–H and O–H groups in total. The monoisotopic (exact) mass is 610 g/mol. The summed E-state index contributed by atoms with van der Waals surface area (Å²) in [6.45, 7) is 15.5. The van der Waals surface area contributed by atoms with E-state index in [1.54, 1.807) is 0 Å². The Morgan fingerprint density at radius 2 is 1.57 bits per heavy atom. The Balaban J connectivity index is 0.00000145. The zero-order valence-corrected chi connectivity index (χ0v) is 25.8. The van der Waals surface area contributed by atoms with Gasteiger partial charge in [-0.3, -0.25) is 4.79 Å². The molecule has 0 aromatic heterocycles. The third-order valence-corrected chi connectivity index (χ3v) is 8.70. The van der Waals surface area contributed by atoms with E-state index in [0.29, 0.717) is 17.9 Å². The summed E-state index contributed by atoms with van der Waals surface area (Å²) in [5, 5.41) is 0.194. The van der Waals surface area contributed by atoms with Gasteiger partial charge in [0.1, 0.15) is 6.54 Å². The molecule has 0 bridgehead atoms. The smallest absolute Gasteiger partial charge is 0.241 e. The third-order valence-electron chi connectivity index (χ3n) is 6.93. The molecule has 200 valence electrons. The number of hydrogen-bond donors (Lipinski definition) is 1. The Hall–Kier alpha value is -0.440. The van der Waals surface area contributed by atoms with E-state index in [9.17, 15) is 13.2 Å². The van der Waals surface area contributed by atoms with Crippen molar-refractivity contribution in [2.45, 2.75) is 78.2 Å². The van der Waals surface area contributed by atoms with E-state index < -0.39 is 10.0 Å². The molecule has 1 aliphatic heterocycles. The minimum Gasteiger partial charge on any atom is -1.00 e. The molecule has 1 atom stereocenters. The Labute approximate surface area is 233 Å². The Bertz CT molecular complexity index is 991. The predicted octanol–water partition coefficient (Wildman–Crippen LogP) is 2.63. The molecule has 5 nitrogen and oxygen atoms in total. The average molecular weight is 613 g/mol. The number of sulfonamides is 1. The van der Waals surface area contributed by atoms with Crippen molar-refractivity contribution in [3.8, 4) is 0 Å². The van der Waals surface area contributed by atoms with Gasteiger partial charge in [-0.15, -0.1) is 23.2 Å². The van der Waals surface area contributed by atoms with Crippen molar-refractivity contribution in [1.82, 2.24) is 4.72 Å². The van der Waals surface area contributed by atoms with Crippen LogP contribution in [0.5, 0.6) is 0 Å². The van der Waals surface area contributed by atoms with Gasteiger partial charge in [0.05, 0.1) is 35.9 Å². The van der Waals surface area contributed by atoms with Crippen molar-refractivity contribution in [2.24, 2.45) is 5.41 Å². The molecule has 1 saturated heterocycles. The van der Waals surface area contributed by atoms with Crippen LogP contribution in [0.1, 0.15) is 63.1 Å². The van der Waals surface area contributed by atoms with Gasteiger partial charge >= 0.3 is 0 Å². The van der Waals surface area contributed by atoms with Crippen LogP contribution < -0.4 is 21.7 Å². The van der Waals surface area contributed by atoms with Crippen LogP contribution in [0.3, 0.4) is 0 Å². The van der Waals surface area contributed by atoms with Crippen LogP contribution in [0.15, 0.2) is 28.7 Å². The maximum Gasteiger partial charge on any atom is 0.241 e. The SMILES string of the molecule is Cc1cc(C)c(S(=O)(=O)N[C@H](C[N+]2(CC3=CCCC3=O)CCCC2)C(C)(C)C)c(C)c1.ClCCl.[Br-]. The second-order valence-corrected chi connectivity index (χ2v) is 13.4. The Kier molecular flexibility index (Phi) is 12.5. The molecule has 0 unspecified atom stereocenters. The summed E-state index contributed by atoms with van der Waals surface area (Å²) in [7, 11) is -3.67. The summed E-state index contributed by atoms with van der Waals surface area (Å²) < 4.78 is 31.0. The van der Waals surface area contributed by atoms with Crippen molar-refractivity contribution in [1.29, 1.82) is 0 Å². The molecule has 1 aromatic rings. The van der Waals surface area contributed by atoms with E-state index in [1.165, 1.54) is 0 Å². The number of nitrogens with one attached hydrogen (secondary N) is 1. The largest absolute Gasteiger partial charge is 1.00 e. The van der Waals surface area contributed by atoms with E-state index >= 15 is 0 Å². The lowest BCUT2D eigenvalue weighted by Crippen LogP contribution is -3.00. The predicted molar refractivity (Wildman–Crippen MR) is 142 cm³/mol. The lowest BCUT2D eigenvalue weighted by atomic mass is 9.86. The molecule has 9 heteroatoms. The molecule has 35 heavy (non-hydrogen) atoms. The van der Waals surface area contributed by atoms with Crippen molar-refractivity contribution in [3.63, 3.8) is 0 Å². The van der Waals surface area contributed by atoms with E-state index in [2.05, 4.69) is 31.6 Å². The van der Waals surface area contributed by atoms with Crippen LogP contribution in [-0.4, -0.2) is 56.2 Å². The molecular formula is C26H41BrCl2N2O3S. The van der Waals surface area contributed by atoms with Gasteiger partial charge in [0, 0.05) is 24.8 Å². The molecule has 0 saturated carbocycles. The van der Waals surface area contributed by atoms with Crippen LogP contribution in [0.25, 0.3) is 0 Å². The topological polar surface area (TPSA) is 63.2 Å². The van der Waals surface area contributed by atoms with Gasteiger partial charge in [0.2, 0.25) is 10.0 Å². The molecule has 1 heterocycles. The standard InChI is InChI=1S/C25H39N2O3S.CH2Cl2.BrH/c1-18-14-19(2)24(20(3)15-18)31(29,30)26-23(25(4,5)6)17-27(12-7-8-13-27)16-21-10-9-11-22(21)28;2-1-3;/h10,14-15,23,26H,7-9,11-13,16-17H2,1-6H3;1H2;1H/q+1;;/p-1/t23-;;/m1../s1. The highest BCUT2D eigenvalue weighted by atomic mass is 79.9. The number of aryl methyl sites for hydroxylation is 3. The van der Waals surface area contributed by atoms with E-state index in [1.807, 2.05) is 32.9 Å². The average Bonchev–Trinajstić information content (AvgIpc) is 3.29. The quantitative estimate of drug-likeness (QED) is 0.381. The first-order valence-electron chi connectivity index (χ1n) is 12.0. The minimum absolute atomic E-state index is 0. The number of likely N-dealkylation sites (tertiary alicyclic amines) is 1. The number of Topliss-reactive ketones (excluding diaryl/α,β-unsaturated/α-hetero) is 1. The van der Waals surface area contributed by atoms with Gasteiger partial charge in [0.15, 0.2) is 5.78 Å². The first-order valence-corrected chi connectivity index (χ1v) is 14.6. The van der Waals surface area contributed by atoms with Gasteiger partial charge in [-0.05, 0) is 43.7 Å². The fraction of sp³-hybridized carbons (Fsp3) is 0.654. The minimum atomic E-state index is -3.67. The van der Waals surface area contributed by atoms with Gasteiger partial charge in [-0.1, -0.05) is 44.5 Å². The van der Waals surface area contributed by atoms with Gasteiger partial charge in [0.25, 0.3) is 0 Å². The zero-order valence-electron chi connectivity index (χ0n) is 21.9. The number of carbonyl (C=O) groups is 1. The summed E-state index contributed by atoms with van der Waals surface area (Å²) in [4.78, 5) is 12.7. The van der Waals surface area contributed by atoms with Crippen molar-refractivity contribution < 1.29 is 34.7 Å². The fourth-order valence-corrected chi connectivity index (χ4v) is 7.18. The number of nitrogens with zero attached hydrogens (tertiary/aromatic N) is 1. The first-order chi connectivity index (χ1) is 15.7. The van der Waals surface area contributed by atoms with E-state index in [4.69, 9.17) is 23.2 Å². The highest BCUT2D eigenvalue weighted by Gasteiger charge is 2.42. The lowest BCUT2D eigenvalue weighted by molar-refractivity contribution is -0.913. The molecule has 3 rings (SSSR count). The Morgan fingerprint density at radius 3 is 2.00 bits per heavy atom. The summed E-state index contributed by atoms with van der Waals surface area (Å²) >= 11 is 9.53. The number of hydrogen-bond acceptors (Lipinski definition) is 3. The molecule has 1 aliphatic carbocycles. The van der Waals surface area contributed by atoms with E-state index in [0.717, 1.165) is 65.6 Å². The molecule has 0 radical (unpaired) electrons. The fourth-order valence-electron chi connectivity index (χ4n) is 5.29. The van der Waals surface area contributed by atoms with E-state index in [-0.39, 0.29) is 39.6 Å². The van der Waals surface area contributed by atoms with Gasteiger partial charge in [-0.2, -0.15) is 0 Å². The third kappa shape index (κ3) is 8.82. The number of alkyl halides is 2. The highest BCUT2D eigenvalue weighted by Crippen LogP contribution is 2.31. The maximum absolute atomic E-state index is 13.5. The number of carbonyl (C=O) groups excluding carboxylic acids is 1. The van der Waals surface area contributed by atoms with Crippen LogP contribution in [0.2, 0.25) is 0 Å². The first kappa shape index (κ1) is 32.6. The van der Waals surface area contributed by atoms with Crippen LogP contribution >= 0.6 is 23.2 Å². The second-order valence-electron chi connectivity index (χ2n) is 10.9. The summed E-state index contributed by atoms with van der Waals surface area (Å²) in [6.07, 6.45) is 5.81. The molecule has 1 fully saturated rings. The van der Waals surface area contributed by atoms with Crippen LogP contribution in [-0.2, 0) is 14.8 Å². The highest BCUT2D eigenvalue weighted by molar-refractivity contribution is 7.89. The van der Waals surface area contributed by atoms with Crippen LogP contribution in [0.4, 0.5) is 0 Å². The molecule has 2 aliphatic rings. The number of ketones is 1. The number of halogens is 3. The van der Waals surface area contributed by atoms with Crippen molar-refractivity contribution in [2.75, 3.05) is 31.5 Å². The lowest BCUT2D eigenvalue weighted by Gasteiger charge is -2.41. The number of quaternary nitrogens is 1. The summed E-state index contributed by atoms with van der Waals surface area (Å²) in [6, 6.07) is 3.63. The molecular weight excluding hydrogens is 571 g/mol. The van der Waals surface area contributed by atoms with Gasteiger partial charge in [-0.25, -0.2) is 13.1 Å². The molecule has 0 amide bonds. The normalized spacial score (nSPS) is 18.4. The molecule has 0 spiro atoms. The maximum atomic E-state index is 13.5. The second kappa shape index (κ2) is 13.4. The summed E-state index contributed by atoms with van der Waals surface area (Å²) in [5.74, 6) is 0.267. The number of rotatable bonds is 7. The number of benzene rings is 1. The Morgan fingerprint density at radius 1 is 1.06 bits per heavy atom. The van der Waals surface area contributed by atoms with Gasteiger partial charge < -0.3 is 21.5 Å². The summed E-state index contributed by atoms with van der Waals surface area (Å²) in [5.41, 5.74) is 3.33. The number of allylic oxidation sites excluding steroid dienone is 1. The van der Waals surface area contributed by atoms with Crippen LogP contribution in [0, 0.1) is 26.2 Å². The molecule has 1 aromatic carbocycles. The van der Waals surface area contributed by atoms with Crippen molar-refractivity contribution >= 4 is 39.0 Å². The zero-order chi connectivity index (χ0) is 25.7. The van der Waals surface area contributed by atoms with Crippen molar-refractivity contribution in [3.05, 3.63) is 40.5 Å².